The van der Waals surface area contributed by atoms with E-state index in [2.05, 4.69) is 4.90 Å². The van der Waals surface area contributed by atoms with E-state index in [0.29, 0.717) is 5.69 Å². The monoisotopic (exact) mass is 254 g/mol. The Kier molecular flexibility index (Phi) is 3.28. The quantitative estimate of drug-likeness (QED) is 0.833. The molecule has 17 heavy (non-hydrogen) atoms. The summed E-state index contributed by atoms with van der Waals surface area (Å²) in [5.41, 5.74) is 7.23. The van der Waals surface area contributed by atoms with E-state index in [1.807, 2.05) is 6.07 Å². The third-order valence-corrected chi connectivity index (χ3v) is 4.98. The van der Waals surface area contributed by atoms with Crippen molar-refractivity contribution in [1.82, 2.24) is 0 Å². The fourth-order valence-electron chi connectivity index (χ4n) is 2.15. The summed E-state index contributed by atoms with van der Waals surface area (Å²) in [5, 5.41) is 0. The van der Waals surface area contributed by atoms with Crippen LogP contribution in [-0.4, -0.2) is 27.3 Å². The summed E-state index contributed by atoms with van der Waals surface area (Å²) in [6, 6.07) is 5.25. The van der Waals surface area contributed by atoms with Gasteiger partial charge in [-0.3, -0.25) is 0 Å². The van der Waals surface area contributed by atoms with Crippen LogP contribution in [0.5, 0.6) is 0 Å². The van der Waals surface area contributed by atoms with Crippen LogP contribution in [0.4, 0.5) is 11.4 Å². The lowest BCUT2D eigenvalue weighted by molar-refractivity contribution is 0.597. The summed E-state index contributed by atoms with van der Waals surface area (Å²) in [4.78, 5) is 2.49. The Morgan fingerprint density at radius 2 is 1.94 bits per heavy atom. The first-order valence-electron chi connectivity index (χ1n) is 5.92. The van der Waals surface area contributed by atoms with Gasteiger partial charge in [-0.15, -0.1) is 0 Å². The molecule has 2 N–H and O–H groups in total. The average molecular weight is 254 g/mol. The largest absolute Gasteiger partial charge is 0.398 e. The molecule has 0 spiro atoms. The van der Waals surface area contributed by atoms with Gasteiger partial charge in [-0.2, -0.15) is 0 Å². The topological polar surface area (TPSA) is 63.4 Å². The molecule has 0 aromatic heterocycles. The van der Waals surface area contributed by atoms with Gasteiger partial charge in [0.2, 0.25) is 0 Å². The maximum Gasteiger partial charge on any atom is 0.180 e. The van der Waals surface area contributed by atoms with E-state index in [1.165, 1.54) is 12.8 Å². The van der Waals surface area contributed by atoms with E-state index in [0.717, 1.165) is 18.8 Å². The minimum Gasteiger partial charge on any atom is -0.398 e. The molecule has 1 heterocycles. The molecule has 94 valence electrons. The Balaban J connectivity index is 2.35. The number of benzene rings is 1. The van der Waals surface area contributed by atoms with E-state index in [4.69, 9.17) is 5.73 Å². The molecule has 1 aromatic carbocycles. The van der Waals surface area contributed by atoms with Gasteiger partial charge in [0, 0.05) is 18.8 Å². The molecule has 0 aliphatic carbocycles. The highest BCUT2D eigenvalue weighted by Gasteiger charge is 2.18. The molecule has 4 nitrogen and oxygen atoms in total. The molecule has 0 amide bonds. The fourth-order valence-corrected chi connectivity index (χ4v) is 3.15. The highest BCUT2D eigenvalue weighted by atomic mass is 32.2. The number of nitrogen functional groups attached to an aromatic ring is 1. The maximum absolute atomic E-state index is 11.8. The predicted octanol–water partition coefficient (Wildman–Crippen LogP) is 1.66. The normalized spacial score (nSPS) is 16.4. The molecular weight excluding hydrogens is 236 g/mol. The Bertz CT molecular complexity index is 505. The Morgan fingerprint density at radius 3 is 2.47 bits per heavy atom. The van der Waals surface area contributed by atoms with Crippen molar-refractivity contribution in [3.63, 3.8) is 0 Å². The Morgan fingerprint density at radius 1 is 1.29 bits per heavy atom. The summed E-state index contributed by atoms with van der Waals surface area (Å²) < 4.78 is 23.5. The standard InChI is InChI=1S/C12H18N2O2S/c1-2-17(15,16)12-6-5-10(9-11(12)13)14-7-3-4-8-14/h5-6,9H,2-4,7-8,13H2,1H3. The van der Waals surface area contributed by atoms with Crippen LogP contribution in [0.2, 0.25) is 0 Å². The molecule has 5 heteroatoms. The second-order valence-electron chi connectivity index (χ2n) is 4.32. The number of sulfone groups is 1. The van der Waals surface area contributed by atoms with E-state index in [9.17, 15) is 8.42 Å². The molecule has 1 aliphatic rings. The highest BCUT2D eigenvalue weighted by molar-refractivity contribution is 7.91. The highest BCUT2D eigenvalue weighted by Crippen LogP contribution is 2.27. The predicted molar refractivity (Wildman–Crippen MR) is 70.0 cm³/mol. The smallest absolute Gasteiger partial charge is 0.180 e. The number of anilines is 2. The van der Waals surface area contributed by atoms with Crippen molar-refractivity contribution in [2.24, 2.45) is 0 Å². The van der Waals surface area contributed by atoms with Crippen LogP contribution in [0, 0.1) is 0 Å². The van der Waals surface area contributed by atoms with Crippen LogP contribution >= 0.6 is 0 Å². The molecular formula is C12H18N2O2S. The van der Waals surface area contributed by atoms with E-state index >= 15 is 0 Å². The average Bonchev–Trinajstić information content (AvgIpc) is 2.82. The van der Waals surface area contributed by atoms with Crippen molar-refractivity contribution in [3.8, 4) is 0 Å². The van der Waals surface area contributed by atoms with Crippen LogP contribution < -0.4 is 10.6 Å². The van der Waals surface area contributed by atoms with Crippen LogP contribution in [0.15, 0.2) is 23.1 Å². The van der Waals surface area contributed by atoms with Gasteiger partial charge in [0.25, 0.3) is 0 Å². The zero-order chi connectivity index (χ0) is 12.5. The summed E-state index contributed by atoms with van der Waals surface area (Å²) in [7, 11) is -3.21. The molecule has 0 atom stereocenters. The molecule has 2 rings (SSSR count). The molecule has 1 saturated heterocycles. The summed E-state index contributed by atoms with van der Waals surface area (Å²) >= 11 is 0. The number of nitrogens with zero attached hydrogens (tertiary/aromatic N) is 1. The molecule has 0 unspecified atom stereocenters. The van der Waals surface area contributed by atoms with Gasteiger partial charge in [-0.05, 0) is 31.0 Å². The van der Waals surface area contributed by atoms with Crippen molar-refractivity contribution >= 4 is 21.2 Å². The molecule has 0 radical (unpaired) electrons. The van der Waals surface area contributed by atoms with Crippen molar-refractivity contribution in [2.45, 2.75) is 24.7 Å². The third-order valence-electron chi connectivity index (χ3n) is 3.18. The van der Waals surface area contributed by atoms with Gasteiger partial charge in [0.05, 0.1) is 16.3 Å². The number of rotatable bonds is 3. The van der Waals surface area contributed by atoms with E-state index in [-0.39, 0.29) is 10.6 Å². The second-order valence-corrected chi connectivity index (χ2v) is 6.57. The first kappa shape index (κ1) is 12.2. The molecule has 0 saturated carbocycles. The number of nitrogens with two attached hydrogens (primary N) is 1. The number of hydrogen-bond acceptors (Lipinski definition) is 4. The lowest BCUT2D eigenvalue weighted by Crippen LogP contribution is -2.18. The second kappa shape index (κ2) is 4.56. The SMILES string of the molecule is CCS(=O)(=O)c1ccc(N2CCCC2)cc1N. The van der Waals surface area contributed by atoms with Gasteiger partial charge in [-0.25, -0.2) is 8.42 Å². The van der Waals surface area contributed by atoms with Crippen molar-refractivity contribution in [2.75, 3.05) is 29.5 Å². The van der Waals surface area contributed by atoms with Gasteiger partial charge in [0.1, 0.15) is 0 Å². The van der Waals surface area contributed by atoms with Gasteiger partial charge in [-0.1, -0.05) is 6.92 Å². The molecule has 1 aliphatic heterocycles. The summed E-state index contributed by atoms with van der Waals surface area (Å²) in [6.07, 6.45) is 2.38. The van der Waals surface area contributed by atoms with Crippen LogP contribution in [0.3, 0.4) is 0 Å². The zero-order valence-corrected chi connectivity index (χ0v) is 10.8. The lowest BCUT2D eigenvalue weighted by atomic mass is 10.2. The van der Waals surface area contributed by atoms with Gasteiger partial charge < -0.3 is 10.6 Å². The summed E-state index contributed by atoms with van der Waals surface area (Å²) in [5.74, 6) is 0.0836. The van der Waals surface area contributed by atoms with Gasteiger partial charge >= 0.3 is 0 Å². The van der Waals surface area contributed by atoms with Crippen molar-refractivity contribution in [3.05, 3.63) is 18.2 Å². The van der Waals surface area contributed by atoms with Crippen LogP contribution in [-0.2, 0) is 9.84 Å². The molecule has 0 bridgehead atoms. The lowest BCUT2D eigenvalue weighted by Gasteiger charge is -2.18. The number of hydrogen-bond donors (Lipinski definition) is 1. The minimum absolute atomic E-state index is 0.0836. The minimum atomic E-state index is -3.21. The third kappa shape index (κ3) is 2.39. The first-order chi connectivity index (χ1) is 8.04. The zero-order valence-electron chi connectivity index (χ0n) is 10.0. The fraction of sp³-hybridized carbons (Fsp3) is 0.500. The Labute approximate surface area is 102 Å². The van der Waals surface area contributed by atoms with Crippen molar-refractivity contribution in [1.29, 1.82) is 0 Å². The van der Waals surface area contributed by atoms with E-state index in [1.54, 1.807) is 19.1 Å². The van der Waals surface area contributed by atoms with Crippen LogP contribution in [0.1, 0.15) is 19.8 Å². The summed E-state index contributed by atoms with van der Waals surface area (Å²) in [6.45, 7) is 3.68. The molecule has 1 aromatic rings. The van der Waals surface area contributed by atoms with Crippen LogP contribution in [0.25, 0.3) is 0 Å². The Hall–Kier alpha value is -1.23. The first-order valence-corrected chi connectivity index (χ1v) is 7.57. The van der Waals surface area contributed by atoms with Gasteiger partial charge in [0.15, 0.2) is 9.84 Å². The molecule has 1 fully saturated rings. The van der Waals surface area contributed by atoms with E-state index < -0.39 is 9.84 Å². The van der Waals surface area contributed by atoms with Crippen molar-refractivity contribution < 1.29 is 8.42 Å². The maximum atomic E-state index is 11.8.